The normalized spacial score (nSPS) is 12.6. The Bertz CT molecular complexity index is 737. The Morgan fingerprint density at radius 3 is 2.60 bits per heavy atom. The van der Waals surface area contributed by atoms with Gasteiger partial charge in [-0.05, 0) is 17.7 Å². The molecule has 0 amide bonds. The third-order valence-electron chi connectivity index (χ3n) is 3.25. The maximum atomic E-state index is 6.24. The van der Waals surface area contributed by atoms with Gasteiger partial charge in [0.05, 0.1) is 13.2 Å². The fraction of sp³-hybridized carbons (Fsp3) is 0.125. The molecule has 3 aromatic rings. The Morgan fingerprint density at radius 2 is 1.90 bits per heavy atom. The summed E-state index contributed by atoms with van der Waals surface area (Å²) in [6.45, 7) is 0. The summed E-state index contributed by atoms with van der Waals surface area (Å²) in [6.07, 6.45) is 0. The van der Waals surface area contributed by atoms with Crippen molar-refractivity contribution in [2.24, 2.45) is 5.73 Å². The monoisotopic (exact) mass is 287 g/mol. The molecule has 0 radical (unpaired) electrons. The van der Waals surface area contributed by atoms with E-state index in [-0.39, 0.29) is 6.04 Å². The minimum Gasteiger partial charge on any atom is -0.493 e. The number of ether oxygens (including phenoxy) is 1. The molecule has 102 valence electrons. The highest BCUT2D eigenvalue weighted by Gasteiger charge is 2.16. The van der Waals surface area contributed by atoms with Gasteiger partial charge < -0.3 is 14.9 Å². The topological polar surface area (TPSA) is 48.4 Å². The standard InChI is InChI=1S/C16H14ClNO2/c1-19-14-9-12(17)7-11-8-13(20-16(11)14)15(18)10-5-3-2-4-6-10/h2-9,15H,18H2,1H3. The van der Waals surface area contributed by atoms with Crippen LogP contribution in [0.5, 0.6) is 5.75 Å². The van der Waals surface area contributed by atoms with Crippen molar-refractivity contribution in [3.8, 4) is 5.75 Å². The molecule has 0 aliphatic carbocycles. The highest BCUT2D eigenvalue weighted by molar-refractivity contribution is 6.31. The number of halogens is 1. The van der Waals surface area contributed by atoms with Gasteiger partial charge in [0.1, 0.15) is 5.76 Å². The molecule has 1 aromatic heterocycles. The maximum Gasteiger partial charge on any atom is 0.176 e. The summed E-state index contributed by atoms with van der Waals surface area (Å²) in [6, 6.07) is 15.0. The Balaban J connectivity index is 2.09. The smallest absolute Gasteiger partial charge is 0.176 e. The third kappa shape index (κ3) is 2.26. The molecular formula is C16H14ClNO2. The minimum absolute atomic E-state index is 0.313. The third-order valence-corrected chi connectivity index (χ3v) is 3.47. The van der Waals surface area contributed by atoms with Gasteiger partial charge in [-0.1, -0.05) is 41.9 Å². The molecule has 1 heterocycles. The summed E-state index contributed by atoms with van der Waals surface area (Å²) in [5, 5.41) is 1.49. The van der Waals surface area contributed by atoms with Crippen LogP contribution in [-0.4, -0.2) is 7.11 Å². The number of benzene rings is 2. The van der Waals surface area contributed by atoms with Crippen molar-refractivity contribution in [3.63, 3.8) is 0 Å². The number of rotatable bonds is 3. The van der Waals surface area contributed by atoms with Crippen molar-refractivity contribution in [2.45, 2.75) is 6.04 Å². The van der Waals surface area contributed by atoms with E-state index in [9.17, 15) is 0 Å². The number of hydrogen-bond acceptors (Lipinski definition) is 3. The number of methoxy groups -OCH3 is 1. The highest BCUT2D eigenvalue weighted by atomic mass is 35.5. The van der Waals surface area contributed by atoms with Crippen LogP contribution < -0.4 is 10.5 Å². The summed E-state index contributed by atoms with van der Waals surface area (Å²) in [4.78, 5) is 0. The van der Waals surface area contributed by atoms with Gasteiger partial charge in [0.2, 0.25) is 0 Å². The predicted molar refractivity (Wildman–Crippen MR) is 80.2 cm³/mol. The van der Waals surface area contributed by atoms with E-state index in [1.54, 1.807) is 13.2 Å². The second kappa shape index (κ2) is 5.19. The zero-order valence-electron chi connectivity index (χ0n) is 11.0. The first-order chi connectivity index (χ1) is 9.69. The molecule has 2 aromatic carbocycles. The Hall–Kier alpha value is -1.97. The van der Waals surface area contributed by atoms with Crippen molar-refractivity contribution in [2.75, 3.05) is 7.11 Å². The van der Waals surface area contributed by atoms with Crippen LogP contribution in [0.15, 0.2) is 52.9 Å². The van der Waals surface area contributed by atoms with E-state index < -0.39 is 0 Å². The Kier molecular flexibility index (Phi) is 3.38. The number of furan rings is 1. The maximum absolute atomic E-state index is 6.24. The lowest BCUT2D eigenvalue weighted by Crippen LogP contribution is -2.10. The average Bonchev–Trinajstić information content (AvgIpc) is 2.90. The highest BCUT2D eigenvalue weighted by Crippen LogP contribution is 2.34. The molecule has 0 saturated heterocycles. The van der Waals surface area contributed by atoms with Crippen molar-refractivity contribution in [1.82, 2.24) is 0 Å². The Morgan fingerprint density at radius 1 is 1.15 bits per heavy atom. The summed E-state index contributed by atoms with van der Waals surface area (Å²) >= 11 is 6.06. The molecule has 4 heteroatoms. The van der Waals surface area contributed by atoms with Crippen LogP contribution in [0.2, 0.25) is 5.02 Å². The summed E-state index contributed by atoms with van der Waals surface area (Å²) in [7, 11) is 1.59. The van der Waals surface area contributed by atoms with Crippen LogP contribution >= 0.6 is 11.6 Å². The van der Waals surface area contributed by atoms with Crippen LogP contribution in [0.1, 0.15) is 17.4 Å². The van der Waals surface area contributed by atoms with Crippen molar-refractivity contribution in [1.29, 1.82) is 0 Å². The lowest BCUT2D eigenvalue weighted by atomic mass is 10.1. The van der Waals surface area contributed by atoms with Crippen LogP contribution in [0.4, 0.5) is 0 Å². The van der Waals surface area contributed by atoms with Crippen LogP contribution in [0, 0.1) is 0 Å². The lowest BCUT2D eigenvalue weighted by molar-refractivity contribution is 0.406. The lowest BCUT2D eigenvalue weighted by Gasteiger charge is -2.08. The second-order valence-corrected chi connectivity index (χ2v) is 5.00. The number of fused-ring (bicyclic) bond motifs is 1. The van der Waals surface area contributed by atoms with Gasteiger partial charge in [0, 0.05) is 16.5 Å². The van der Waals surface area contributed by atoms with E-state index in [2.05, 4.69) is 0 Å². The first kappa shape index (κ1) is 13.0. The predicted octanol–water partition coefficient (Wildman–Crippen LogP) is 4.14. The molecule has 3 nitrogen and oxygen atoms in total. The molecule has 0 saturated carbocycles. The zero-order chi connectivity index (χ0) is 14.1. The van der Waals surface area contributed by atoms with Crippen molar-refractivity contribution < 1.29 is 9.15 Å². The van der Waals surface area contributed by atoms with Gasteiger partial charge in [0.25, 0.3) is 0 Å². The van der Waals surface area contributed by atoms with E-state index >= 15 is 0 Å². The quantitative estimate of drug-likeness (QED) is 0.787. The van der Waals surface area contributed by atoms with Gasteiger partial charge in [-0.25, -0.2) is 0 Å². The number of hydrogen-bond donors (Lipinski definition) is 1. The molecule has 20 heavy (non-hydrogen) atoms. The first-order valence-electron chi connectivity index (χ1n) is 6.26. The van der Waals surface area contributed by atoms with Gasteiger partial charge in [-0.15, -0.1) is 0 Å². The van der Waals surface area contributed by atoms with Crippen molar-refractivity contribution in [3.05, 3.63) is 64.9 Å². The molecular weight excluding hydrogens is 274 g/mol. The van der Waals surface area contributed by atoms with Gasteiger partial charge in [-0.3, -0.25) is 0 Å². The summed E-state index contributed by atoms with van der Waals surface area (Å²) in [5.41, 5.74) is 7.90. The van der Waals surface area contributed by atoms with Crippen LogP contribution in [0.25, 0.3) is 11.0 Å². The molecule has 1 unspecified atom stereocenters. The molecule has 0 spiro atoms. The van der Waals surface area contributed by atoms with E-state index in [1.807, 2.05) is 42.5 Å². The fourth-order valence-electron chi connectivity index (χ4n) is 2.24. The van der Waals surface area contributed by atoms with Gasteiger partial charge in [-0.2, -0.15) is 0 Å². The van der Waals surface area contributed by atoms with E-state index in [4.69, 9.17) is 26.5 Å². The van der Waals surface area contributed by atoms with E-state index in [0.717, 1.165) is 10.9 Å². The second-order valence-electron chi connectivity index (χ2n) is 4.56. The molecule has 1 atom stereocenters. The Labute approximate surface area is 121 Å². The van der Waals surface area contributed by atoms with E-state index in [1.165, 1.54) is 0 Å². The van der Waals surface area contributed by atoms with Crippen molar-refractivity contribution >= 4 is 22.6 Å². The summed E-state index contributed by atoms with van der Waals surface area (Å²) < 4.78 is 11.1. The molecule has 0 aliphatic rings. The first-order valence-corrected chi connectivity index (χ1v) is 6.64. The summed E-state index contributed by atoms with van der Waals surface area (Å²) in [5.74, 6) is 1.30. The van der Waals surface area contributed by atoms with Crippen LogP contribution in [0.3, 0.4) is 0 Å². The SMILES string of the molecule is COc1cc(Cl)cc2cc(C(N)c3ccccc3)oc12. The van der Waals surface area contributed by atoms with Gasteiger partial charge in [0.15, 0.2) is 11.3 Å². The zero-order valence-corrected chi connectivity index (χ0v) is 11.7. The molecule has 2 N–H and O–H groups in total. The minimum atomic E-state index is -0.313. The number of nitrogens with two attached hydrogens (primary N) is 1. The fourth-order valence-corrected chi connectivity index (χ4v) is 2.45. The largest absolute Gasteiger partial charge is 0.493 e. The van der Waals surface area contributed by atoms with E-state index in [0.29, 0.717) is 22.1 Å². The molecule has 3 rings (SSSR count). The van der Waals surface area contributed by atoms with Crippen LogP contribution in [-0.2, 0) is 0 Å². The molecule has 0 bridgehead atoms. The van der Waals surface area contributed by atoms with Gasteiger partial charge >= 0.3 is 0 Å². The molecule has 0 fully saturated rings. The molecule has 0 aliphatic heterocycles. The average molecular weight is 288 g/mol.